The van der Waals surface area contributed by atoms with Crippen LogP contribution in [0.5, 0.6) is 0 Å². The van der Waals surface area contributed by atoms with Gasteiger partial charge in [0, 0.05) is 17.5 Å². The maximum atomic E-state index is 12.2. The third-order valence-electron chi connectivity index (χ3n) is 3.77. The van der Waals surface area contributed by atoms with Crippen molar-refractivity contribution in [2.45, 2.75) is 45.1 Å². The number of hydrogen-bond acceptors (Lipinski definition) is 3. The van der Waals surface area contributed by atoms with Gasteiger partial charge in [-0.2, -0.15) is 0 Å². The van der Waals surface area contributed by atoms with Crippen molar-refractivity contribution in [3.8, 4) is 0 Å². The summed E-state index contributed by atoms with van der Waals surface area (Å²) in [5.74, 6) is -0.0260. The van der Waals surface area contributed by atoms with Crippen LogP contribution in [0.3, 0.4) is 0 Å². The second-order valence-electron chi connectivity index (χ2n) is 5.18. The maximum absolute atomic E-state index is 12.2. The van der Waals surface area contributed by atoms with Crippen LogP contribution in [-0.4, -0.2) is 35.8 Å². The van der Waals surface area contributed by atoms with Crippen LogP contribution in [0.1, 0.15) is 37.5 Å². The number of likely N-dealkylation sites (tertiary alicyclic amines) is 1. The highest BCUT2D eigenvalue weighted by molar-refractivity contribution is 7.10. The average Bonchev–Trinajstić information content (AvgIpc) is 2.97. The number of thiophene rings is 1. The van der Waals surface area contributed by atoms with E-state index in [1.807, 2.05) is 22.4 Å². The Hall–Kier alpha value is -1.36. The Kier molecular flexibility index (Phi) is 5.59. The fourth-order valence-corrected chi connectivity index (χ4v) is 3.37. The van der Waals surface area contributed by atoms with Gasteiger partial charge in [-0.25, -0.2) is 0 Å². The van der Waals surface area contributed by atoms with Gasteiger partial charge in [-0.1, -0.05) is 13.0 Å². The van der Waals surface area contributed by atoms with E-state index < -0.39 is 0 Å². The van der Waals surface area contributed by atoms with Crippen LogP contribution in [0.25, 0.3) is 0 Å². The first-order chi connectivity index (χ1) is 9.70. The molecule has 0 bridgehead atoms. The zero-order valence-corrected chi connectivity index (χ0v) is 12.7. The lowest BCUT2D eigenvalue weighted by atomic mass is 10.00. The first-order valence-corrected chi connectivity index (χ1v) is 8.17. The molecular formula is C15H22N2O2S. The van der Waals surface area contributed by atoms with E-state index in [-0.39, 0.29) is 18.4 Å². The molecule has 2 amide bonds. The molecule has 1 saturated heterocycles. The predicted molar refractivity (Wildman–Crippen MR) is 80.7 cm³/mol. The Morgan fingerprint density at radius 3 is 3.00 bits per heavy atom. The minimum absolute atomic E-state index is 0.0519. The summed E-state index contributed by atoms with van der Waals surface area (Å²) in [6.45, 7) is 3.07. The van der Waals surface area contributed by atoms with E-state index in [0.717, 1.165) is 30.7 Å². The van der Waals surface area contributed by atoms with Gasteiger partial charge in [0.1, 0.15) is 0 Å². The summed E-state index contributed by atoms with van der Waals surface area (Å²) in [5, 5.41) is 4.69. The summed E-state index contributed by atoms with van der Waals surface area (Å²) >= 11 is 1.56. The molecule has 1 aromatic rings. The van der Waals surface area contributed by atoms with Crippen molar-refractivity contribution in [1.29, 1.82) is 0 Å². The van der Waals surface area contributed by atoms with Crippen LogP contribution in [0.15, 0.2) is 17.5 Å². The molecule has 5 heteroatoms. The Morgan fingerprint density at radius 1 is 1.45 bits per heavy atom. The molecule has 0 aromatic carbocycles. The van der Waals surface area contributed by atoms with E-state index in [1.54, 1.807) is 11.3 Å². The van der Waals surface area contributed by atoms with Gasteiger partial charge in [0.2, 0.25) is 11.8 Å². The van der Waals surface area contributed by atoms with Gasteiger partial charge in [-0.05, 0) is 37.1 Å². The first kappa shape index (κ1) is 15.0. The molecule has 1 aliphatic heterocycles. The summed E-state index contributed by atoms with van der Waals surface area (Å²) in [6, 6.07) is 4.22. The monoisotopic (exact) mass is 294 g/mol. The molecule has 2 rings (SSSR count). The number of nitrogens with one attached hydrogen (secondary N) is 1. The van der Waals surface area contributed by atoms with Crippen molar-refractivity contribution in [3.05, 3.63) is 22.4 Å². The molecule has 0 saturated carbocycles. The van der Waals surface area contributed by atoms with Crippen LogP contribution >= 0.6 is 11.3 Å². The van der Waals surface area contributed by atoms with Gasteiger partial charge in [0.25, 0.3) is 0 Å². The van der Waals surface area contributed by atoms with Gasteiger partial charge in [0.05, 0.1) is 13.0 Å². The Morgan fingerprint density at radius 2 is 2.30 bits per heavy atom. The topological polar surface area (TPSA) is 49.4 Å². The second kappa shape index (κ2) is 7.43. The standard InChI is InChI=1S/C15H22N2O2S/c1-2-12-6-3-4-8-17(12)15(19)11-16-14(18)10-13-7-5-9-20-13/h5,7,9,12H,2-4,6,8,10-11H2,1H3,(H,16,18). The quantitative estimate of drug-likeness (QED) is 0.905. The summed E-state index contributed by atoms with van der Waals surface area (Å²) in [4.78, 5) is 26.9. The number of carbonyl (C=O) groups is 2. The van der Waals surface area contributed by atoms with Crippen molar-refractivity contribution in [3.63, 3.8) is 0 Å². The molecule has 0 aliphatic carbocycles. The van der Waals surface area contributed by atoms with Gasteiger partial charge in [-0.3, -0.25) is 9.59 Å². The molecule has 0 radical (unpaired) electrons. The molecule has 1 fully saturated rings. The van der Waals surface area contributed by atoms with E-state index >= 15 is 0 Å². The van der Waals surface area contributed by atoms with Crippen molar-refractivity contribution in [2.24, 2.45) is 0 Å². The number of carbonyl (C=O) groups excluding carboxylic acids is 2. The average molecular weight is 294 g/mol. The molecule has 4 nitrogen and oxygen atoms in total. The van der Waals surface area contributed by atoms with E-state index in [0.29, 0.717) is 12.5 Å². The van der Waals surface area contributed by atoms with Crippen LogP contribution in [0, 0.1) is 0 Å². The summed E-state index contributed by atoms with van der Waals surface area (Å²) < 4.78 is 0. The third-order valence-corrected chi connectivity index (χ3v) is 4.65. The summed E-state index contributed by atoms with van der Waals surface area (Å²) in [5.41, 5.74) is 0. The lowest BCUT2D eigenvalue weighted by molar-refractivity contribution is -0.135. The van der Waals surface area contributed by atoms with Crippen molar-refractivity contribution >= 4 is 23.2 Å². The molecule has 110 valence electrons. The van der Waals surface area contributed by atoms with Crippen molar-refractivity contribution < 1.29 is 9.59 Å². The molecule has 0 spiro atoms. The minimum atomic E-state index is -0.0779. The van der Waals surface area contributed by atoms with Gasteiger partial charge in [0.15, 0.2) is 0 Å². The Labute approximate surface area is 124 Å². The Bertz CT molecular complexity index is 445. The highest BCUT2D eigenvalue weighted by Gasteiger charge is 2.25. The van der Waals surface area contributed by atoms with Gasteiger partial charge in [-0.15, -0.1) is 11.3 Å². The fourth-order valence-electron chi connectivity index (χ4n) is 2.66. The van der Waals surface area contributed by atoms with Crippen LogP contribution in [0.4, 0.5) is 0 Å². The zero-order valence-electron chi connectivity index (χ0n) is 11.9. The molecular weight excluding hydrogens is 272 g/mol. The summed E-state index contributed by atoms with van der Waals surface area (Å²) in [6.07, 6.45) is 4.72. The lowest BCUT2D eigenvalue weighted by Gasteiger charge is -2.35. The zero-order chi connectivity index (χ0) is 14.4. The summed E-state index contributed by atoms with van der Waals surface area (Å²) in [7, 11) is 0. The normalized spacial score (nSPS) is 18.9. The molecule has 1 aromatic heterocycles. The van der Waals surface area contributed by atoms with E-state index in [9.17, 15) is 9.59 Å². The predicted octanol–water partition coefficient (Wildman–Crippen LogP) is 2.20. The van der Waals surface area contributed by atoms with Crippen LogP contribution in [-0.2, 0) is 16.0 Å². The van der Waals surface area contributed by atoms with Crippen LogP contribution < -0.4 is 5.32 Å². The Balaban J connectivity index is 1.77. The number of piperidine rings is 1. The number of hydrogen-bond donors (Lipinski definition) is 1. The minimum Gasteiger partial charge on any atom is -0.347 e. The lowest BCUT2D eigenvalue weighted by Crippen LogP contribution is -2.47. The first-order valence-electron chi connectivity index (χ1n) is 7.29. The molecule has 2 heterocycles. The number of rotatable bonds is 5. The smallest absolute Gasteiger partial charge is 0.242 e. The largest absolute Gasteiger partial charge is 0.347 e. The van der Waals surface area contributed by atoms with E-state index in [4.69, 9.17) is 0 Å². The SMILES string of the molecule is CCC1CCCCN1C(=O)CNC(=O)Cc1cccs1. The molecule has 1 unspecified atom stereocenters. The molecule has 20 heavy (non-hydrogen) atoms. The number of nitrogens with zero attached hydrogens (tertiary/aromatic N) is 1. The highest BCUT2D eigenvalue weighted by Crippen LogP contribution is 2.19. The van der Waals surface area contributed by atoms with Gasteiger partial charge < -0.3 is 10.2 Å². The van der Waals surface area contributed by atoms with E-state index in [2.05, 4.69) is 12.2 Å². The third kappa shape index (κ3) is 4.07. The highest BCUT2D eigenvalue weighted by atomic mass is 32.1. The maximum Gasteiger partial charge on any atom is 0.242 e. The van der Waals surface area contributed by atoms with E-state index in [1.165, 1.54) is 6.42 Å². The molecule has 1 atom stereocenters. The van der Waals surface area contributed by atoms with Crippen molar-refractivity contribution in [1.82, 2.24) is 10.2 Å². The molecule has 1 aliphatic rings. The van der Waals surface area contributed by atoms with Gasteiger partial charge >= 0.3 is 0 Å². The fraction of sp³-hybridized carbons (Fsp3) is 0.600. The van der Waals surface area contributed by atoms with Crippen molar-refractivity contribution in [2.75, 3.05) is 13.1 Å². The van der Waals surface area contributed by atoms with Crippen LogP contribution in [0.2, 0.25) is 0 Å². The molecule has 1 N–H and O–H groups in total. The number of amides is 2. The second-order valence-corrected chi connectivity index (χ2v) is 6.21.